The normalized spacial score (nSPS) is 13.3. The van der Waals surface area contributed by atoms with Crippen molar-refractivity contribution in [2.45, 2.75) is 341 Å². The molecule has 426 valence electrons. The Hall–Kier alpha value is -0.500. The molecule has 0 aromatic carbocycles. The van der Waals surface area contributed by atoms with Crippen LogP contribution in [0.4, 0.5) is 0 Å². The minimum atomic E-state index is -4.53. The van der Waals surface area contributed by atoms with E-state index in [-0.39, 0.29) is 25.8 Å². The molecule has 0 aliphatic carbocycles. The summed E-state index contributed by atoms with van der Waals surface area (Å²) in [6.07, 6.45) is 66.0. The summed E-state index contributed by atoms with van der Waals surface area (Å²) in [6.45, 7) is 5.52. The molecule has 0 radical (unpaired) electrons. The summed E-state index contributed by atoms with van der Waals surface area (Å²) in [5.41, 5.74) is 0. The van der Waals surface area contributed by atoms with E-state index in [0.717, 1.165) is 32.1 Å². The Balaban J connectivity index is 3.95. The molecule has 0 aliphatic heterocycles. The lowest BCUT2D eigenvalue weighted by Gasteiger charge is -2.28. The number of likely N-dealkylation sites (N-methyl/N-ethyl adjacent to an activating group) is 1. The van der Waals surface area contributed by atoms with Gasteiger partial charge in [0.2, 0.25) is 0 Å². The maximum atomic E-state index is 12.8. The van der Waals surface area contributed by atoms with Crippen molar-refractivity contribution in [2.75, 3.05) is 54.1 Å². The van der Waals surface area contributed by atoms with E-state index in [0.29, 0.717) is 24.1 Å². The van der Waals surface area contributed by atoms with Crippen LogP contribution in [0.3, 0.4) is 0 Å². The molecular weight excluding hydrogens is 902 g/mol. The lowest BCUT2D eigenvalue weighted by molar-refractivity contribution is -0.870. The molecule has 71 heavy (non-hydrogen) atoms. The van der Waals surface area contributed by atoms with Crippen LogP contribution in [-0.4, -0.2) is 70.7 Å². The van der Waals surface area contributed by atoms with Crippen molar-refractivity contribution in [3.63, 3.8) is 0 Å². The fraction of sp³-hybridized carbons (Fsp3) is 0.984. The molecule has 0 saturated carbocycles. The minimum absolute atomic E-state index is 0.0321. The van der Waals surface area contributed by atoms with Crippen molar-refractivity contribution in [1.29, 1.82) is 0 Å². The van der Waals surface area contributed by atoms with Gasteiger partial charge in [-0.25, -0.2) is 0 Å². The quantitative estimate of drug-likeness (QED) is 0.0259. The first-order chi connectivity index (χ1) is 34.6. The van der Waals surface area contributed by atoms with E-state index < -0.39 is 13.9 Å². The van der Waals surface area contributed by atoms with Crippen LogP contribution < -0.4 is 4.89 Å². The van der Waals surface area contributed by atoms with Gasteiger partial charge in [-0.2, -0.15) is 0 Å². The van der Waals surface area contributed by atoms with Gasteiger partial charge in [-0.1, -0.05) is 316 Å². The number of carbonyl (C=O) groups excluding carboxylic acids is 1. The van der Waals surface area contributed by atoms with E-state index in [1.807, 2.05) is 21.1 Å². The third-order valence-electron chi connectivity index (χ3n) is 14.7. The number of hydrogen-bond donors (Lipinski definition) is 0. The van der Waals surface area contributed by atoms with Crippen LogP contribution >= 0.6 is 7.82 Å². The van der Waals surface area contributed by atoms with Gasteiger partial charge >= 0.3 is 5.97 Å². The standard InChI is InChI=1S/C62H126NO7P/c1-6-8-10-12-14-16-18-20-22-24-26-28-30-32-34-36-38-40-42-44-46-48-50-52-54-57-67-59-61(60-69-71(65,66)68-58-56-63(3,4)5)70-62(64)55-53-51-49-47-45-43-41-39-37-35-33-31-29-27-25-23-21-19-17-15-13-11-9-7-2/h61H,6-60H2,1-5H3. The Bertz CT molecular complexity index is 1100. The van der Waals surface area contributed by atoms with Crippen LogP contribution in [0.2, 0.25) is 0 Å². The van der Waals surface area contributed by atoms with Gasteiger partial charge < -0.3 is 27.9 Å². The average Bonchev–Trinajstić information content (AvgIpc) is 3.33. The van der Waals surface area contributed by atoms with E-state index >= 15 is 0 Å². The fourth-order valence-electron chi connectivity index (χ4n) is 9.79. The van der Waals surface area contributed by atoms with Gasteiger partial charge in [-0.3, -0.25) is 9.36 Å². The zero-order chi connectivity index (χ0) is 51.9. The maximum Gasteiger partial charge on any atom is 0.306 e. The van der Waals surface area contributed by atoms with Gasteiger partial charge in [-0.05, 0) is 12.8 Å². The van der Waals surface area contributed by atoms with Gasteiger partial charge in [0.05, 0.1) is 34.4 Å². The third-order valence-corrected chi connectivity index (χ3v) is 15.6. The smallest absolute Gasteiger partial charge is 0.306 e. The molecule has 0 aliphatic rings. The molecule has 8 nitrogen and oxygen atoms in total. The molecular formula is C62H126NO7P. The van der Waals surface area contributed by atoms with Gasteiger partial charge in [0.1, 0.15) is 19.3 Å². The first kappa shape index (κ1) is 70.5. The molecule has 0 saturated heterocycles. The number of unbranched alkanes of at least 4 members (excludes halogenated alkanes) is 47. The topological polar surface area (TPSA) is 94.1 Å². The fourth-order valence-corrected chi connectivity index (χ4v) is 10.5. The highest BCUT2D eigenvalue weighted by molar-refractivity contribution is 7.45. The summed E-state index contributed by atoms with van der Waals surface area (Å²) in [4.78, 5) is 25.3. The molecule has 0 aromatic heterocycles. The molecule has 2 atom stereocenters. The Morgan fingerprint density at radius 2 is 0.648 bits per heavy atom. The summed E-state index contributed by atoms with van der Waals surface area (Å²) in [7, 11) is 1.39. The molecule has 0 rings (SSSR count). The largest absolute Gasteiger partial charge is 0.756 e. The molecule has 0 bridgehead atoms. The van der Waals surface area contributed by atoms with Crippen molar-refractivity contribution < 1.29 is 37.3 Å². The average molecular weight is 1030 g/mol. The lowest BCUT2D eigenvalue weighted by atomic mass is 10.0. The number of quaternary nitrogens is 1. The Labute approximate surface area is 444 Å². The SMILES string of the molecule is CCCCCCCCCCCCCCCCCCCCCCCCCCCOCC(COP(=O)([O-])OCC[N+](C)(C)C)OC(=O)CCCCCCCCCCCCCCCCCCCCCCCCCC. The highest BCUT2D eigenvalue weighted by Crippen LogP contribution is 2.38. The molecule has 0 aromatic rings. The highest BCUT2D eigenvalue weighted by atomic mass is 31.2. The Morgan fingerprint density at radius 1 is 0.380 bits per heavy atom. The van der Waals surface area contributed by atoms with Crippen molar-refractivity contribution in [2.24, 2.45) is 0 Å². The van der Waals surface area contributed by atoms with E-state index in [2.05, 4.69) is 13.8 Å². The summed E-state index contributed by atoms with van der Waals surface area (Å²) in [5.74, 6) is -0.322. The zero-order valence-corrected chi connectivity index (χ0v) is 49.6. The number of esters is 1. The van der Waals surface area contributed by atoms with Gasteiger partial charge in [0.15, 0.2) is 0 Å². The second-order valence-corrected chi connectivity index (χ2v) is 24.6. The van der Waals surface area contributed by atoms with E-state index in [1.54, 1.807) is 0 Å². The van der Waals surface area contributed by atoms with Gasteiger partial charge in [0, 0.05) is 13.0 Å². The third kappa shape index (κ3) is 60.2. The molecule has 0 spiro atoms. The molecule has 0 heterocycles. The second-order valence-electron chi connectivity index (χ2n) is 23.1. The first-order valence-corrected chi connectivity index (χ1v) is 33.2. The van der Waals surface area contributed by atoms with Gasteiger partial charge in [-0.15, -0.1) is 0 Å². The Morgan fingerprint density at radius 3 is 0.930 bits per heavy atom. The van der Waals surface area contributed by atoms with E-state index in [4.69, 9.17) is 18.5 Å². The van der Waals surface area contributed by atoms with Crippen molar-refractivity contribution in [1.82, 2.24) is 0 Å². The zero-order valence-electron chi connectivity index (χ0n) is 48.7. The number of hydrogen-bond acceptors (Lipinski definition) is 7. The molecule has 0 amide bonds. The number of carbonyl (C=O) groups is 1. The second kappa shape index (κ2) is 55.7. The number of ether oxygens (including phenoxy) is 2. The lowest BCUT2D eigenvalue weighted by Crippen LogP contribution is -2.37. The van der Waals surface area contributed by atoms with E-state index in [9.17, 15) is 14.3 Å². The van der Waals surface area contributed by atoms with Crippen LogP contribution in [0.1, 0.15) is 335 Å². The number of phosphoric ester groups is 1. The van der Waals surface area contributed by atoms with Crippen molar-refractivity contribution >= 4 is 13.8 Å². The van der Waals surface area contributed by atoms with Crippen LogP contribution in [-0.2, 0) is 27.9 Å². The highest BCUT2D eigenvalue weighted by Gasteiger charge is 2.20. The number of rotatable bonds is 61. The molecule has 0 fully saturated rings. The summed E-state index contributed by atoms with van der Waals surface area (Å²) < 4.78 is 35.0. The molecule has 9 heteroatoms. The van der Waals surface area contributed by atoms with Crippen molar-refractivity contribution in [3.05, 3.63) is 0 Å². The number of phosphoric acid groups is 1. The maximum absolute atomic E-state index is 12.8. The first-order valence-electron chi connectivity index (χ1n) is 31.8. The summed E-state index contributed by atoms with van der Waals surface area (Å²) in [6, 6.07) is 0. The van der Waals surface area contributed by atoms with E-state index in [1.165, 1.54) is 283 Å². The minimum Gasteiger partial charge on any atom is -0.756 e. The molecule has 2 unspecified atom stereocenters. The number of nitrogens with zero attached hydrogens (tertiary/aromatic N) is 1. The van der Waals surface area contributed by atoms with Crippen LogP contribution in [0, 0.1) is 0 Å². The summed E-state index contributed by atoms with van der Waals surface area (Å²) >= 11 is 0. The Kier molecular flexibility index (Phi) is 55.3. The predicted octanol–water partition coefficient (Wildman–Crippen LogP) is 19.7. The van der Waals surface area contributed by atoms with Gasteiger partial charge in [0.25, 0.3) is 7.82 Å². The predicted molar refractivity (Wildman–Crippen MR) is 305 cm³/mol. The van der Waals surface area contributed by atoms with Crippen molar-refractivity contribution in [3.8, 4) is 0 Å². The van der Waals surface area contributed by atoms with Crippen LogP contribution in [0.15, 0.2) is 0 Å². The monoisotopic (exact) mass is 1030 g/mol. The summed E-state index contributed by atoms with van der Waals surface area (Å²) in [5, 5.41) is 0. The van der Waals surface area contributed by atoms with Crippen LogP contribution in [0.5, 0.6) is 0 Å². The van der Waals surface area contributed by atoms with Crippen LogP contribution in [0.25, 0.3) is 0 Å². The molecule has 0 N–H and O–H groups in total.